The number of ether oxygens (including phenoxy) is 1. The van der Waals surface area contributed by atoms with E-state index < -0.39 is 0 Å². The zero-order chi connectivity index (χ0) is 14.7. The van der Waals surface area contributed by atoms with Gasteiger partial charge < -0.3 is 15.0 Å². The number of benzene rings is 2. The molecule has 0 aliphatic carbocycles. The van der Waals surface area contributed by atoms with E-state index in [0.717, 1.165) is 12.2 Å². The molecule has 2 N–H and O–H groups in total. The van der Waals surface area contributed by atoms with Crippen LogP contribution in [-0.4, -0.2) is 11.1 Å². The van der Waals surface area contributed by atoms with Crippen LogP contribution in [0.15, 0.2) is 54.7 Å². The molecule has 0 atom stereocenters. The van der Waals surface area contributed by atoms with E-state index in [9.17, 15) is 0 Å². The minimum atomic E-state index is 0.590. The molecular weight excluding hydrogens is 260 g/mol. The summed E-state index contributed by atoms with van der Waals surface area (Å²) >= 11 is 0. The van der Waals surface area contributed by atoms with Gasteiger partial charge in [0.05, 0.1) is 5.52 Å². The molecule has 3 aromatic rings. The maximum atomic E-state index is 5.89. The molecule has 0 saturated carbocycles. The van der Waals surface area contributed by atoms with Gasteiger partial charge in [-0.05, 0) is 36.2 Å². The number of hydrogen-bond acceptors (Lipinski definition) is 2. The molecule has 0 fully saturated rings. The van der Waals surface area contributed by atoms with Crippen molar-refractivity contribution in [3.63, 3.8) is 0 Å². The molecule has 2 aromatic carbocycles. The highest BCUT2D eigenvalue weighted by atomic mass is 16.5. The van der Waals surface area contributed by atoms with E-state index in [1.807, 2.05) is 24.3 Å². The molecule has 3 nitrogen and oxygen atoms in total. The Kier molecular flexibility index (Phi) is 3.93. The third-order valence-corrected chi connectivity index (χ3v) is 3.71. The fourth-order valence-electron chi connectivity index (χ4n) is 2.63. The van der Waals surface area contributed by atoms with E-state index in [4.69, 9.17) is 10.5 Å². The lowest BCUT2D eigenvalue weighted by Gasteiger charge is -2.07. The monoisotopic (exact) mass is 280 g/mol. The van der Waals surface area contributed by atoms with Crippen molar-refractivity contribution in [2.45, 2.75) is 13.0 Å². The first-order chi connectivity index (χ1) is 10.3. The Balaban J connectivity index is 1.82. The SMILES string of the molecule is Cn1cc(CCN)c2ccc(OCc3ccccc3)cc21. The van der Waals surface area contributed by atoms with Crippen LogP contribution in [-0.2, 0) is 20.1 Å². The molecule has 21 heavy (non-hydrogen) atoms. The number of rotatable bonds is 5. The highest BCUT2D eigenvalue weighted by Crippen LogP contribution is 2.26. The smallest absolute Gasteiger partial charge is 0.121 e. The fraction of sp³-hybridized carbons (Fsp3) is 0.222. The zero-order valence-electron chi connectivity index (χ0n) is 12.3. The van der Waals surface area contributed by atoms with Gasteiger partial charge in [0.1, 0.15) is 12.4 Å². The summed E-state index contributed by atoms with van der Waals surface area (Å²) in [6.07, 6.45) is 3.06. The standard InChI is InChI=1S/C18H20N2O/c1-20-12-15(9-10-19)17-8-7-16(11-18(17)20)21-13-14-5-3-2-4-6-14/h2-8,11-12H,9-10,13,19H2,1H3. The largest absolute Gasteiger partial charge is 0.489 e. The number of aryl methyl sites for hydroxylation is 1. The van der Waals surface area contributed by atoms with Gasteiger partial charge in [0.15, 0.2) is 0 Å². The lowest BCUT2D eigenvalue weighted by atomic mass is 10.1. The van der Waals surface area contributed by atoms with Gasteiger partial charge in [-0.1, -0.05) is 30.3 Å². The third-order valence-electron chi connectivity index (χ3n) is 3.71. The highest BCUT2D eigenvalue weighted by molar-refractivity contribution is 5.85. The van der Waals surface area contributed by atoms with Gasteiger partial charge in [0.25, 0.3) is 0 Å². The summed E-state index contributed by atoms with van der Waals surface area (Å²) in [6, 6.07) is 16.5. The number of nitrogens with two attached hydrogens (primary N) is 1. The number of nitrogens with zero attached hydrogens (tertiary/aromatic N) is 1. The first kappa shape index (κ1) is 13.7. The van der Waals surface area contributed by atoms with Gasteiger partial charge in [-0.3, -0.25) is 0 Å². The third kappa shape index (κ3) is 2.93. The van der Waals surface area contributed by atoms with Crippen LogP contribution in [0.3, 0.4) is 0 Å². The molecule has 3 rings (SSSR count). The van der Waals surface area contributed by atoms with Crippen molar-refractivity contribution in [2.24, 2.45) is 12.8 Å². The van der Waals surface area contributed by atoms with Crippen molar-refractivity contribution in [1.82, 2.24) is 4.57 Å². The molecule has 0 bridgehead atoms. The number of aromatic nitrogens is 1. The quantitative estimate of drug-likeness (QED) is 0.779. The van der Waals surface area contributed by atoms with Crippen molar-refractivity contribution in [3.05, 3.63) is 65.9 Å². The van der Waals surface area contributed by atoms with Crippen molar-refractivity contribution in [1.29, 1.82) is 0 Å². The normalized spacial score (nSPS) is 11.0. The molecule has 0 spiro atoms. The summed E-state index contributed by atoms with van der Waals surface area (Å²) < 4.78 is 8.02. The summed E-state index contributed by atoms with van der Waals surface area (Å²) in [4.78, 5) is 0. The van der Waals surface area contributed by atoms with E-state index in [1.165, 1.54) is 22.0 Å². The Bertz CT molecular complexity index is 732. The Labute approximate surface area is 125 Å². The lowest BCUT2D eigenvalue weighted by molar-refractivity contribution is 0.306. The first-order valence-corrected chi connectivity index (χ1v) is 7.22. The van der Waals surface area contributed by atoms with Gasteiger partial charge in [0.2, 0.25) is 0 Å². The molecule has 0 saturated heterocycles. The van der Waals surface area contributed by atoms with E-state index in [0.29, 0.717) is 13.2 Å². The van der Waals surface area contributed by atoms with E-state index in [1.54, 1.807) is 0 Å². The van der Waals surface area contributed by atoms with Gasteiger partial charge in [0, 0.05) is 24.7 Å². The summed E-state index contributed by atoms with van der Waals surface area (Å²) in [7, 11) is 2.06. The van der Waals surface area contributed by atoms with E-state index in [-0.39, 0.29) is 0 Å². The summed E-state index contributed by atoms with van der Waals surface area (Å²) in [6.45, 7) is 1.26. The second-order valence-electron chi connectivity index (χ2n) is 5.26. The maximum absolute atomic E-state index is 5.89. The molecule has 0 aliphatic rings. The summed E-state index contributed by atoms with van der Waals surface area (Å²) in [5, 5.41) is 1.26. The molecule has 3 heteroatoms. The molecule has 0 amide bonds. The topological polar surface area (TPSA) is 40.2 Å². The zero-order valence-corrected chi connectivity index (χ0v) is 12.3. The Morgan fingerprint density at radius 2 is 1.90 bits per heavy atom. The average molecular weight is 280 g/mol. The van der Waals surface area contributed by atoms with Gasteiger partial charge in [-0.15, -0.1) is 0 Å². The Morgan fingerprint density at radius 1 is 1.10 bits per heavy atom. The molecule has 0 aliphatic heterocycles. The van der Waals surface area contributed by atoms with E-state index >= 15 is 0 Å². The fourth-order valence-corrected chi connectivity index (χ4v) is 2.63. The summed E-state index contributed by atoms with van der Waals surface area (Å²) in [5.41, 5.74) is 9.32. The van der Waals surface area contributed by atoms with Crippen LogP contribution in [0.25, 0.3) is 10.9 Å². The van der Waals surface area contributed by atoms with Crippen molar-refractivity contribution < 1.29 is 4.74 Å². The molecule has 1 aromatic heterocycles. The van der Waals surface area contributed by atoms with Crippen LogP contribution in [0, 0.1) is 0 Å². The minimum Gasteiger partial charge on any atom is -0.489 e. The molecule has 0 unspecified atom stereocenters. The van der Waals surface area contributed by atoms with Crippen LogP contribution in [0.2, 0.25) is 0 Å². The summed E-state index contributed by atoms with van der Waals surface area (Å²) in [5.74, 6) is 0.895. The molecule has 1 heterocycles. The Hall–Kier alpha value is -2.26. The van der Waals surface area contributed by atoms with E-state index in [2.05, 4.69) is 42.1 Å². The van der Waals surface area contributed by atoms with Gasteiger partial charge in [-0.2, -0.15) is 0 Å². The second kappa shape index (κ2) is 6.02. The predicted octanol–water partition coefficient (Wildman–Crippen LogP) is 3.26. The van der Waals surface area contributed by atoms with Crippen molar-refractivity contribution in [3.8, 4) is 5.75 Å². The van der Waals surface area contributed by atoms with Crippen LogP contribution in [0.4, 0.5) is 0 Å². The van der Waals surface area contributed by atoms with Crippen LogP contribution in [0.1, 0.15) is 11.1 Å². The van der Waals surface area contributed by atoms with Crippen molar-refractivity contribution >= 4 is 10.9 Å². The second-order valence-corrected chi connectivity index (χ2v) is 5.26. The first-order valence-electron chi connectivity index (χ1n) is 7.22. The Morgan fingerprint density at radius 3 is 2.67 bits per heavy atom. The van der Waals surface area contributed by atoms with Crippen LogP contribution >= 0.6 is 0 Å². The molecule has 0 radical (unpaired) electrons. The van der Waals surface area contributed by atoms with Gasteiger partial charge >= 0.3 is 0 Å². The van der Waals surface area contributed by atoms with Crippen molar-refractivity contribution in [2.75, 3.05) is 6.54 Å². The molecule has 108 valence electrons. The number of hydrogen-bond donors (Lipinski definition) is 1. The van der Waals surface area contributed by atoms with Crippen LogP contribution < -0.4 is 10.5 Å². The minimum absolute atomic E-state index is 0.590. The van der Waals surface area contributed by atoms with Gasteiger partial charge in [-0.25, -0.2) is 0 Å². The maximum Gasteiger partial charge on any atom is 0.121 e. The predicted molar refractivity (Wildman–Crippen MR) is 86.5 cm³/mol. The lowest BCUT2D eigenvalue weighted by Crippen LogP contribution is -2.01. The van der Waals surface area contributed by atoms with Crippen LogP contribution in [0.5, 0.6) is 5.75 Å². The molecular formula is C18H20N2O. The number of fused-ring (bicyclic) bond motifs is 1. The average Bonchev–Trinajstić information content (AvgIpc) is 2.83. The highest BCUT2D eigenvalue weighted by Gasteiger charge is 2.07.